The fraction of sp³-hybridized carbons (Fsp3) is 0.286. The van der Waals surface area contributed by atoms with E-state index in [1.165, 1.54) is 22.5 Å². The molecule has 0 aliphatic carbocycles. The summed E-state index contributed by atoms with van der Waals surface area (Å²) in [4.78, 5) is 0. The maximum atomic E-state index is 6.10. The van der Waals surface area contributed by atoms with Crippen LogP contribution in [0.5, 0.6) is 0 Å². The highest BCUT2D eigenvalue weighted by Gasteiger charge is 2.08. The molecule has 0 spiro atoms. The molecule has 0 bridgehead atoms. The second kappa shape index (κ2) is 3.71. The van der Waals surface area contributed by atoms with Crippen LogP contribution in [0.15, 0.2) is 24.3 Å². The maximum absolute atomic E-state index is 6.10. The van der Waals surface area contributed by atoms with Gasteiger partial charge in [-0.05, 0) is 63.1 Å². The van der Waals surface area contributed by atoms with Gasteiger partial charge in [0.25, 0.3) is 0 Å². The van der Waals surface area contributed by atoms with Crippen LogP contribution in [0.25, 0.3) is 5.69 Å². The van der Waals surface area contributed by atoms with Gasteiger partial charge in [-0.25, -0.2) is 0 Å². The van der Waals surface area contributed by atoms with Crippen molar-refractivity contribution in [2.45, 2.75) is 27.7 Å². The van der Waals surface area contributed by atoms with Gasteiger partial charge in [0.15, 0.2) is 0 Å². The molecule has 0 aliphatic rings. The monoisotopic (exact) mass is 214 g/mol. The number of aryl methyl sites for hydroxylation is 4. The predicted molar refractivity (Wildman–Crippen MR) is 69.1 cm³/mol. The molecule has 84 valence electrons. The van der Waals surface area contributed by atoms with E-state index in [2.05, 4.69) is 50.5 Å². The van der Waals surface area contributed by atoms with E-state index in [-0.39, 0.29) is 0 Å². The molecule has 0 unspecified atom stereocenters. The minimum absolute atomic E-state index is 0.838. The van der Waals surface area contributed by atoms with E-state index in [1.807, 2.05) is 6.07 Å². The molecule has 2 aromatic rings. The summed E-state index contributed by atoms with van der Waals surface area (Å²) in [7, 11) is 0. The van der Waals surface area contributed by atoms with E-state index < -0.39 is 0 Å². The Hall–Kier alpha value is -1.70. The summed E-state index contributed by atoms with van der Waals surface area (Å²) in [6, 6.07) is 8.43. The summed E-state index contributed by atoms with van der Waals surface area (Å²) in [5.41, 5.74) is 13.0. The first-order chi connectivity index (χ1) is 7.50. The van der Waals surface area contributed by atoms with Gasteiger partial charge >= 0.3 is 0 Å². The Kier molecular flexibility index (Phi) is 2.50. The molecule has 2 nitrogen and oxygen atoms in total. The van der Waals surface area contributed by atoms with Crippen LogP contribution in [0, 0.1) is 27.7 Å². The van der Waals surface area contributed by atoms with Crippen LogP contribution in [-0.4, -0.2) is 4.57 Å². The average molecular weight is 214 g/mol. The van der Waals surface area contributed by atoms with Gasteiger partial charge in [-0.15, -0.1) is 0 Å². The maximum Gasteiger partial charge on any atom is 0.0687 e. The number of aromatic nitrogens is 1. The first kappa shape index (κ1) is 10.8. The van der Waals surface area contributed by atoms with Crippen molar-refractivity contribution >= 4 is 5.69 Å². The van der Waals surface area contributed by atoms with Crippen molar-refractivity contribution in [3.63, 3.8) is 0 Å². The second-order valence-electron chi connectivity index (χ2n) is 4.45. The highest BCUT2D eigenvalue weighted by Crippen LogP contribution is 2.25. The fourth-order valence-corrected chi connectivity index (χ4v) is 2.07. The molecule has 1 aromatic carbocycles. The van der Waals surface area contributed by atoms with Crippen molar-refractivity contribution in [2.75, 3.05) is 5.73 Å². The molecular weight excluding hydrogens is 196 g/mol. The third kappa shape index (κ3) is 1.60. The lowest BCUT2D eigenvalue weighted by atomic mass is 10.1. The first-order valence-corrected chi connectivity index (χ1v) is 5.52. The normalized spacial score (nSPS) is 10.8. The molecule has 2 heteroatoms. The third-order valence-corrected chi connectivity index (χ3v) is 3.16. The van der Waals surface area contributed by atoms with Crippen LogP contribution in [0.1, 0.15) is 22.5 Å². The first-order valence-electron chi connectivity index (χ1n) is 5.52. The molecule has 2 N–H and O–H groups in total. The molecule has 0 amide bonds. The van der Waals surface area contributed by atoms with Crippen molar-refractivity contribution in [2.24, 2.45) is 0 Å². The van der Waals surface area contributed by atoms with E-state index in [0.717, 1.165) is 11.4 Å². The summed E-state index contributed by atoms with van der Waals surface area (Å²) >= 11 is 0. The van der Waals surface area contributed by atoms with Crippen molar-refractivity contribution < 1.29 is 0 Å². The zero-order chi connectivity index (χ0) is 11.9. The van der Waals surface area contributed by atoms with Crippen molar-refractivity contribution in [1.29, 1.82) is 0 Å². The van der Waals surface area contributed by atoms with Gasteiger partial charge in [-0.3, -0.25) is 0 Å². The van der Waals surface area contributed by atoms with Crippen LogP contribution >= 0.6 is 0 Å². The Morgan fingerprint density at radius 2 is 1.38 bits per heavy atom. The molecule has 0 fully saturated rings. The van der Waals surface area contributed by atoms with E-state index in [4.69, 9.17) is 5.73 Å². The van der Waals surface area contributed by atoms with Crippen LogP contribution < -0.4 is 5.73 Å². The smallest absolute Gasteiger partial charge is 0.0687 e. The minimum atomic E-state index is 0.838. The lowest BCUT2D eigenvalue weighted by Gasteiger charge is -2.14. The van der Waals surface area contributed by atoms with E-state index in [0.29, 0.717) is 0 Å². The molecule has 0 saturated heterocycles. The largest absolute Gasteiger partial charge is 0.397 e. The fourth-order valence-electron chi connectivity index (χ4n) is 2.07. The lowest BCUT2D eigenvalue weighted by Crippen LogP contribution is -2.04. The Bertz CT molecular complexity index is 516. The van der Waals surface area contributed by atoms with Gasteiger partial charge in [0.05, 0.1) is 11.4 Å². The standard InChI is InChI=1S/C14H18N2/c1-9-7-13(15)14(8-10(9)2)16-11(3)5-6-12(16)4/h5-8H,15H2,1-4H3. The predicted octanol–water partition coefficient (Wildman–Crippen LogP) is 3.29. The number of benzene rings is 1. The summed E-state index contributed by atoms with van der Waals surface area (Å²) in [5.74, 6) is 0. The SMILES string of the molecule is Cc1cc(N)c(-n2c(C)ccc2C)cc1C. The molecule has 16 heavy (non-hydrogen) atoms. The van der Waals surface area contributed by atoms with Crippen LogP contribution in [0.3, 0.4) is 0 Å². The van der Waals surface area contributed by atoms with Gasteiger partial charge < -0.3 is 10.3 Å². The van der Waals surface area contributed by atoms with Gasteiger partial charge in [0, 0.05) is 11.4 Å². The number of nitrogen functional groups attached to an aromatic ring is 1. The Balaban J connectivity index is 2.69. The highest BCUT2D eigenvalue weighted by molar-refractivity contribution is 5.62. The van der Waals surface area contributed by atoms with E-state index >= 15 is 0 Å². The minimum Gasteiger partial charge on any atom is -0.397 e. The average Bonchev–Trinajstić information content (AvgIpc) is 2.53. The number of rotatable bonds is 1. The van der Waals surface area contributed by atoms with E-state index in [1.54, 1.807) is 0 Å². The van der Waals surface area contributed by atoms with Crippen molar-refractivity contribution in [3.05, 3.63) is 46.8 Å². The lowest BCUT2D eigenvalue weighted by molar-refractivity contribution is 0.965. The molecule has 0 saturated carbocycles. The number of hydrogen-bond donors (Lipinski definition) is 1. The summed E-state index contributed by atoms with van der Waals surface area (Å²) in [5, 5.41) is 0. The summed E-state index contributed by atoms with van der Waals surface area (Å²) in [6.45, 7) is 8.40. The topological polar surface area (TPSA) is 30.9 Å². The molecule has 0 radical (unpaired) electrons. The number of nitrogens with zero attached hydrogens (tertiary/aromatic N) is 1. The Morgan fingerprint density at radius 1 is 0.875 bits per heavy atom. The van der Waals surface area contributed by atoms with Crippen molar-refractivity contribution in [1.82, 2.24) is 4.57 Å². The number of anilines is 1. The molecule has 0 aliphatic heterocycles. The third-order valence-electron chi connectivity index (χ3n) is 3.16. The van der Waals surface area contributed by atoms with Gasteiger partial charge in [-0.1, -0.05) is 0 Å². The number of nitrogens with two attached hydrogens (primary N) is 1. The highest BCUT2D eigenvalue weighted by atomic mass is 15.0. The Labute approximate surface area is 96.7 Å². The van der Waals surface area contributed by atoms with E-state index in [9.17, 15) is 0 Å². The van der Waals surface area contributed by atoms with Crippen molar-refractivity contribution in [3.8, 4) is 5.69 Å². The number of hydrogen-bond acceptors (Lipinski definition) is 1. The molecule has 1 aromatic heterocycles. The van der Waals surface area contributed by atoms with Crippen LogP contribution in [0.4, 0.5) is 5.69 Å². The molecule has 1 heterocycles. The zero-order valence-corrected chi connectivity index (χ0v) is 10.3. The van der Waals surface area contributed by atoms with Crippen LogP contribution in [-0.2, 0) is 0 Å². The quantitative estimate of drug-likeness (QED) is 0.725. The molecular formula is C14H18N2. The van der Waals surface area contributed by atoms with Crippen LogP contribution in [0.2, 0.25) is 0 Å². The Morgan fingerprint density at radius 3 is 1.94 bits per heavy atom. The molecule has 2 rings (SSSR count). The van der Waals surface area contributed by atoms with Gasteiger partial charge in [-0.2, -0.15) is 0 Å². The molecule has 0 atom stereocenters. The summed E-state index contributed by atoms with van der Waals surface area (Å²) < 4.78 is 2.20. The van der Waals surface area contributed by atoms with Gasteiger partial charge in [0.1, 0.15) is 0 Å². The van der Waals surface area contributed by atoms with Gasteiger partial charge in [0.2, 0.25) is 0 Å². The summed E-state index contributed by atoms with van der Waals surface area (Å²) in [6.07, 6.45) is 0. The second-order valence-corrected chi connectivity index (χ2v) is 4.45. The zero-order valence-electron chi connectivity index (χ0n) is 10.3.